The van der Waals surface area contributed by atoms with E-state index in [0.29, 0.717) is 18.1 Å². The summed E-state index contributed by atoms with van der Waals surface area (Å²) in [6.07, 6.45) is 0.573. The van der Waals surface area contributed by atoms with Crippen LogP contribution in [0.25, 0.3) is 0 Å². The predicted octanol–water partition coefficient (Wildman–Crippen LogP) is 0.887. The van der Waals surface area contributed by atoms with Crippen LogP contribution < -0.4 is 4.74 Å². The van der Waals surface area contributed by atoms with Crippen LogP contribution in [-0.2, 0) is 11.8 Å². The molecule has 0 fully saturated rings. The number of nitrogens with zero attached hydrogens (tertiary/aromatic N) is 2. The zero-order chi connectivity index (χ0) is 11.4. The Kier molecular flexibility index (Phi) is 4.11. The molecule has 0 saturated heterocycles. The maximum absolute atomic E-state index is 10.0. The van der Waals surface area contributed by atoms with E-state index in [1.807, 2.05) is 13.8 Å². The predicted molar refractivity (Wildman–Crippen MR) is 55.8 cm³/mol. The van der Waals surface area contributed by atoms with Gasteiger partial charge in [0, 0.05) is 13.7 Å². The fourth-order valence-electron chi connectivity index (χ4n) is 1.50. The second-order valence-electron chi connectivity index (χ2n) is 3.33. The highest BCUT2D eigenvalue weighted by molar-refractivity contribution is 5.27. The van der Waals surface area contributed by atoms with Gasteiger partial charge in [0.2, 0.25) is 0 Å². The van der Waals surface area contributed by atoms with Crippen LogP contribution >= 0.6 is 0 Å². The lowest BCUT2D eigenvalue weighted by Gasteiger charge is -2.19. The Bertz CT molecular complexity index is 312. The van der Waals surface area contributed by atoms with Crippen LogP contribution in [0.1, 0.15) is 25.6 Å². The van der Waals surface area contributed by atoms with Crippen LogP contribution in [0.3, 0.4) is 0 Å². The number of aryl methyl sites for hydroxylation is 1. The van der Waals surface area contributed by atoms with Crippen molar-refractivity contribution in [1.82, 2.24) is 9.78 Å². The van der Waals surface area contributed by atoms with E-state index in [-0.39, 0.29) is 6.10 Å². The second kappa shape index (κ2) is 5.14. The summed E-state index contributed by atoms with van der Waals surface area (Å²) in [5.41, 5.74) is 0.637. The molecule has 0 spiro atoms. The van der Waals surface area contributed by atoms with Crippen LogP contribution in [0.5, 0.6) is 5.75 Å². The van der Waals surface area contributed by atoms with Crippen molar-refractivity contribution in [2.45, 2.75) is 26.1 Å². The number of ether oxygens (including phenoxy) is 2. The van der Waals surface area contributed by atoms with Gasteiger partial charge < -0.3 is 14.6 Å². The van der Waals surface area contributed by atoms with E-state index >= 15 is 0 Å². The minimum atomic E-state index is -0.729. The molecule has 5 nitrogen and oxygen atoms in total. The van der Waals surface area contributed by atoms with E-state index in [4.69, 9.17) is 9.47 Å². The standard InChI is InChI=1S/C10H18N2O3/c1-5-15-7(2)10(13)9-8(14-4)6-11-12(9)3/h6-7,10,13H,5H2,1-4H3. The van der Waals surface area contributed by atoms with Gasteiger partial charge in [0.25, 0.3) is 0 Å². The average molecular weight is 214 g/mol. The van der Waals surface area contributed by atoms with E-state index < -0.39 is 6.10 Å². The van der Waals surface area contributed by atoms with Crippen LogP contribution in [-0.4, -0.2) is 34.7 Å². The second-order valence-corrected chi connectivity index (χ2v) is 3.33. The number of hydrogen-bond acceptors (Lipinski definition) is 4. The SMILES string of the molecule is CCOC(C)C(O)c1c(OC)cnn1C. The highest BCUT2D eigenvalue weighted by Gasteiger charge is 2.24. The molecule has 15 heavy (non-hydrogen) atoms. The Morgan fingerprint density at radius 2 is 2.27 bits per heavy atom. The van der Waals surface area contributed by atoms with Crippen molar-refractivity contribution >= 4 is 0 Å². The van der Waals surface area contributed by atoms with Gasteiger partial charge in [-0.25, -0.2) is 0 Å². The molecule has 0 radical (unpaired) electrons. The molecule has 1 aromatic heterocycles. The van der Waals surface area contributed by atoms with E-state index in [0.717, 1.165) is 0 Å². The largest absolute Gasteiger partial charge is 0.493 e. The molecular formula is C10H18N2O3. The van der Waals surface area contributed by atoms with Crippen molar-refractivity contribution in [3.05, 3.63) is 11.9 Å². The third-order valence-electron chi connectivity index (χ3n) is 2.32. The minimum absolute atomic E-state index is 0.278. The Morgan fingerprint density at radius 3 is 2.80 bits per heavy atom. The summed E-state index contributed by atoms with van der Waals surface area (Å²) in [4.78, 5) is 0. The molecule has 2 unspecified atom stereocenters. The number of hydrogen-bond donors (Lipinski definition) is 1. The van der Waals surface area contributed by atoms with Gasteiger partial charge in [-0.1, -0.05) is 0 Å². The molecule has 1 rings (SSSR count). The van der Waals surface area contributed by atoms with E-state index in [1.165, 1.54) is 0 Å². The summed E-state index contributed by atoms with van der Waals surface area (Å²) in [5.74, 6) is 0.580. The first-order valence-corrected chi connectivity index (χ1v) is 4.97. The molecule has 5 heteroatoms. The van der Waals surface area contributed by atoms with Crippen LogP contribution in [0.4, 0.5) is 0 Å². The first-order valence-electron chi connectivity index (χ1n) is 4.97. The Hall–Kier alpha value is -1.07. The molecule has 0 aromatic carbocycles. The number of aromatic nitrogens is 2. The molecule has 0 amide bonds. The van der Waals surface area contributed by atoms with Gasteiger partial charge in [-0.05, 0) is 13.8 Å². The van der Waals surface area contributed by atoms with Crippen LogP contribution in [0.2, 0.25) is 0 Å². The quantitative estimate of drug-likeness (QED) is 0.790. The molecule has 0 aliphatic carbocycles. The third-order valence-corrected chi connectivity index (χ3v) is 2.32. The van der Waals surface area contributed by atoms with Crippen LogP contribution in [0, 0.1) is 0 Å². The topological polar surface area (TPSA) is 56.5 Å². The molecule has 0 aliphatic heterocycles. The summed E-state index contributed by atoms with van der Waals surface area (Å²) in [6.45, 7) is 4.28. The lowest BCUT2D eigenvalue weighted by molar-refractivity contribution is -0.0270. The van der Waals surface area contributed by atoms with E-state index in [9.17, 15) is 5.11 Å². The number of aliphatic hydroxyl groups is 1. The first kappa shape index (κ1) is 12.0. The molecule has 86 valence electrons. The Balaban J connectivity index is 2.88. The van der Waals surface area contributed by atoms with Crippen molar-refractivity contribution in [2.24, 2.45) is 7.05 Å². The highest BCUT2D eigenvalue weighted by Crippen LogP contribution is 2.27. The zero-order valence-electron chi connectivity index (χ0n) is 9.60. The molecule has 2 atom stereocenters. The summed E-state index contributed by atoms with van der Waals surface area (Å²) < 4.78 is 12.0. The molecule has 0 saturated carbocycles. The molecule has 0 aliphatic rings. The zero-order valence-corrected chi connectivity index (χ0v) is 9.60. The van der Waals surface area contributed by atoms with Crippen molar-refractivity contribution in [3.63, 3.8) is 0 Å². The van der Waals surface area contributed by atoms with Crippen LogP contribution in [0.15, 0.2) is 6.20 Å². The van der Waals surface area contributed by atoms with Crippen molar-refractivity contribution in [2.75, 3.05) is 13.7 Å². The Morgan fingerprint density at radius 1 is 1.60 bits per heavy atom. The molecule has 0 bridgehead atoms. The molecule has 1 N–H and O–H groups in total. The van der Waals surface area contributed by atoms with Gasteiger partial charge in [-0.2, -0.15) is 5.10 Å². The summed E-state index contributed by atoms with van der Waals surface area (Å²) in [6, 6.07) is 0. The maximum Gasteiger partial charge on any atom is 0.162 e. The normalized spacial score (nSPS) is 15.0. The number of rotatable bonds is 5. The van der Waals surface area contributed by atoms with E-state index in [2.05, 4.69) is 5.10 Å². The van der Waals surface area contributed by atoms with E-state index in [1.54, 1.807) is 25.0 Å². The lowest BCUT2D eigenvalue weighted by atomic mass is 10.1. The van der Waals surface area contributed by atoms with Gasteiger partial charge in [0.1, 0.15) is 11.8 Å². The fraction of sp³-hybridized carbons (Fsp3) is 0.700. The van der Waals surface area contributed by atoms with Gasteiger partial charge in [0.05, 0.1) is 19.4 Å². The highest BCUT2D eigenvalue weighted by atomic mass is 16.5. The minimum Gasteiger partial charge on any atom is -0.493 e. The van der Waals surface area contributed by atoms with Crippen molar-refractivity contribution in [3.8, 4) is 5.75 Å². The first-order chi connectivity index (χ1) is 7.11. The molecular weight excluding hydrogens is 196 g/mol. The van der Waals surface area contributed by atoms with Gasteiger partial charge in [0.15, 0.2) is 5.75 Å². The maximum atomic E-state index is 10.0. The Labute approximate surface area is 89.6 Å². The lowest BCUT2D eigenvalue weighted by Crippen LogP contribution is -2.21. The summed E-state index contributed by atoms with van der Waals surface area (Å²) >= 11 is 0. The summed E-state index contributed by atoms with van der Waals surface area (Å²) in [5, 5.41) is 14.1. The third kappa shape index (κ3) is 2.49. The smallest absolute Gasteiger partial charge is 0.162 e. The van der Waals surface area contributed by atoms with Gasteiger partial charge in [-0.15, -0.1) is 0 Å². The van der Waals surface area contributed by atoms with Gasteiger partial charge >= 0.3 is 0 Å². The van der Waals surface area contributed by atoms with Crippen molar-refractivity contribution < 1.29 is 14.6 Å². The fourth-order valence-corrected chi connectivity index (χ4v) is 1.50. The van der Waals surface area contributed by atoms with Crippen molar-refractivity contribution in [1.29, 1.82) is 0 Å². The monoisotopic (exact) mass is 214 g/mol. The summed E-state index contributed by atoms with van der Waals surface area (Å²) in [7, 11) is 3.32. The van der Waals surface area contributed by atoms with Gasteiger partial charge in [-0.3, -0.25) is 4.68 Å². The number of aliphatic hydroxyl groups excluding tert-OH is 1. The molecule has 1 aromatic rings. The number of methoxy groups -OCH3 is 1. The average Bonchev–Trinajstić information content (AvgIpc) is 2.58. The molecule has 1 heterocycles.